The number of alkyl halides is 3. The zero-order valence-electron chi connectivity index (χ0n) is 11.0. The molecule has 0 amide bonds. The third kappa shape index (κ3) is 4.28. The lowest BCUT2D eigenvalue weighted by Crippen LogP contribution is -2.15. The first kappa shape index (κ1) is 17.6. The van der Waals surface area contributed by atoms with E-state index in [1.165, 1.54) is 6.07 Å². The Morgan fingerprint density at radius 3 is 2.14 bits per heavy atom. The van der Waals surface area contributed by atoms with Gasteiger partial charge in [0.25, 0.3) is 0 Å². The predicted molar refractivity (Wildman–Crippen MR) is 77.5 cm³/mol. The molecule has 0 aliphatic rings. The first-order valence-corrected chi connectivity index (χ1v) is 7.94. The maximum absolute atomic E-state index is 12.6. The van der Waals surface area contributed by atoms with Crippen LogP contribution in [0.2, 0.25) is 0 Å². The van der Waals surface area contributed by atoms with Crippen molar-refractivity contribution in [2.24, 2.45) is 0 Å². The summed E-state index contributed by atoms with van der Waals surface area (Å²) in [5.74, 6) is -2.40. The van der Waals surface area contributed by atoms with E-state index in [2.05, 4.69) is 0 Å². The number of carboxylic acid groups (broad SMARTS) is 1. The minimum absolute atomic E-state index is 0.241. The summed E-state index contributed by atoms with van der Waals surface area (Å²) in [7, 11) is 0. The van der Waals surface area contributed by atoms with Crippen LogP contribution in [0.3, 0.4) is 0 Å². The van der Waals surface area contributed by atoms with Gasteiger partial charge in [-0.3, -0.25) is 4.79 Å². The molecule has 0 saturated carbocycles. The molecule has 8 heteroatoms. The van der Waals surface area contributed by atoms with Crippen molar-refractivity contribution in [1.29, 1.82) is 0 Å². The number of carboxylic acids is 1. The largest absolute Gasteiger partial charge is 0.477 e. The standard InChI is InChI=1S/C13H11F3O3S2/c1-20-12(21-2)9(11(18)19)10(17)7-4-3-5-8(6-7)13(14,15)16/h3-6H,1-2H3,(H,18,19). The van der Waals surface area contributed by atoms with Crippen molar-refractivity contribution >= 4 is 35.3 Å². The number of carbonyl (C=O) groups is 2. The molecule has 21 heavy (non-hydrogen) atoms. The van der Waals surface area contributed by atoms with Gasteiger partial charge in [-0.15, -0.1) is 23.5 Å². The minimum atomic E-state index is -4.59. The second-order valence-corrected chi connectivity index (χ2v) is 5.67. The average Bonchev–Trinajstić information content (AvgIpc) is 2.42. The fourth-order valence-electron chi connectivity index (χ4n) is 1.55. The highest BCUT2D eigenvalue weighted by atomic mass is 32.2. The average molecular weight is 336 g/mol. The molecule has 0 aliphatic heterocycles. The molecular weight excluding hydrogens is 325 g/mol. The summed E-state index contributed by atoms with van der Waals surface area (Å²) in [6.07, 6.45) is -1.41. The maximum Gasteiger partial charge on any atom is 0.416 e. The molecule has 0 radical (unpaired) electrons. The lowest BCUT2D eigenvalue weighted by molar-refractivity contribution is -0.137. The molecule has 0 spiro atoms. The highest BCUT2D eigenvalue weighted by Crippen LogP contribution is 2.32. The number of hydrogen-bond acceptors (Lipinski definition) is 4. The summed E-state index contributed by atoms with van der Waals surface area (Å²) in [5, 5.41) is 9.14. The fraction of sp³-hybridized carbons (Fsp3) is 0.231. The first-order valence-electron chi connectivity index (χ1n) is 5.49. The number of thioether (sulfide) groups is 2. The molecule has 0 heterocycles. The molecule has 1 aromatic rings. The van der Waals surface area contributed by atoms with Gasteiger partial charge in [0.1, 0.15) is 5.57 Å². The molecule has 0 atom stereocenters. The van der Waals surface area contributed by atoms with Crippen LogP contribution < -0.4 is 0 Å². The monoisotopic (exact) mass is 336 g/mol. The summed E-state index contributed by atoms with van der Waals surface area (Å²) in [5.41, 5.74) is -1.81. The van der Waals surface area contributed by atoms with Gasteiger partial charge in [-0.2, -0.15) is 13.2 Å². The number of aliphatic carboxylic acids is 1. The van der Waals surface area contributed by atoms with E-state index in [0.717, 1.165) is 35.7 Å². The normalized spacial score (nSPS) is 11.1. The van der Waals surface area contributed by atoms with Gasteiger partial charge in [-0.05, 0) is 24.6 Å². The maximum atomic E-state index is 12.6. The van der Waals surface area contributed by atoms with E-state index in [4.69, 9.17) is 5.11 Å². The van der Waals surface area contributed by atoms with E-state index in [1.807, 2.05) is 0 Å². The van der Waals surface area contributed by atoms with Crippen LogP contribution in [-0.2, 0) is 11.0 Å². The van der Waals surface area contributed by atoms with E-state index in [0.29, 0.717) is 6.07 Å². The molecule has 1 N–H and O–H groups in total. The molecule has 0 bridgehead atoms. The Labute approximate surface area is 127 Å². The van der Waals surface area contributed by atoms with E-state index in [-0.39, 0.29) is 9.80 Å². The topological polar surface area (TPSA) is 54.4 Å². The van der Waals surface area contributed by atoms with Crippen molar-refractivity contribution in [3.05, 3.63) is 45.2 Å². The highest BCUT2D eigenvalue weighted by molar-refractivity contribution is 8.21. The van der Waals surface area contributed by atoms with Crippen LogP contribution in [0, 0.1) is 0 Å². The number of hydrogen-bond donors (Lipinski definition) is 1. The van der Waals surface area contributed by atoms with Gasteiger partial charge in [0, 0.05) is 5.56 Å². The van der Waals surface area contributed by atoms with Gasteiger partial charge in [0.2, 0.25) is 5.78 Å². The number of rotatable bonds is 5. The van der Waals surface area contributed by atoms with Gasteiger partial charge >= 0.3 is 12.1 Å². The Balaban J connectivity index is 3.36. The molecule has 114 valence electrons. The van der Waals surface area contributed by atoms with Gasteiger partial charge in [-0.25, -0.2) is 4.79 Å². The van der Waals surface area contributed by atoms with Crippen LogP contribution in [0.5, 0.6) is 0 Å². The third-order valence-electron chi connectivity index (χ3n) is 2.47. The van der Waals surface area contributed by atoms with E-state index in [9.17, 15) is 22.8 Å². The lowest BCUT2D eigenvalue weighted by atomic mass is 10.0. The van der Waals surface area contributed by atoms with Crippen LogP contribution in [0.25, 0.3) is 0 Å². The van der Waals surface area contributed by atoms with Crippen molar-refractivity contribution in [3.8, 4) is 0 Å². The molecule has 0 unspecified atom stereocenters. The lowest BCUT2D eigenvalue weighted by Gasteiger charge is -2.10. The second kappa shape index (κ2) is 7.04. The Hall–Kier alpha value is -1.41. The zero-order valence-corrected chi connectivity index (χ0v) is 12.7. The predicted octanol–water partition coefficient (Wildman–Crippen LogP) is 3.91. The van der Waals surface area contributed by atoms with Crippen molar-refractivity contribution in [2.75, 3.05) is 12.5 Å². The van der Waals surface area contributed by atoms with Gasteiger partial charge in [0.15, 0.2) is 0 Å². The fourth-order valence-corrected chi connectivity index (χ4v) is 2.98. The van der Waals surface area contributed by atoms with Crippen LogP contribution in [0.1, 0.15) is 15.9 Å². The Kier molecular flexibility index (Phi) is 5.91. The SMILES string of the molecule is CSC(SC)=C(C(=O)O)C(=O)c1cccc(C(F)(F)F)c1. The van der Waals surface area contributed by atoms with E-state index < -0.39 is 29.1 Å². The molecule has 0 aliphatic carbocycles. The Morgan fingerprint density at radius 2 is 1.71 bits per heavy atom. The number of carbonyl (C=O) groups excluding carboxylic acids is 1. The summed E-state index contributed by atoms with van der Waals surface area (Å²) < 4.78 is 38.1. The number of Topliss-reactive ketones (excluding diaryl/α,β-unsaturated/α-hetero) is 1. The van der Waals surface area contributed by atoms with Gasteiger partial charge < -0.3 is 5.11 Å². The van der Waals surface area contributed by atoms with Crippen molar-refractivity contribution in [2.45, 2.75) is 6.18 Å². The molecule has 0 fully saturated rings. The summed E-state index contributed by atoms with van der Waals surface area (Å²) in [6.45, 7) is 0. The Bertz CT molecular complexity index is 589. The van der Waals surface area contributed by atoms with Crippen LogP contribution in [0.4, 0.5) is 13.2 Å². The quantitative estimate of drug-likeness (QED) is 0.382. The highest BCUT2D eigenvalue weighted by Gasteiger charge is 2.32. The summed E-state index contributed by atoms with van der Waals surface area (Å²) >= 11 is 2.12. The van der Waals surface area contributed by atoms with Crippen molar-refractivity contribution in [3.63, 3.8) is 0 Å². The second-order valence-electron chi connectivity index (χ2n) is 3.78. The number of benzene rings is 1. The molecule has 0 aromatic heterocycles. The molecule has 3 nitrogen and oxygen atoms in total. The van der Waals surface area contributed by atoms with Crippen molar-refractivity contribution < 1.29 is 27.9 Å². The minimum Gasteiger partial charge on any atom is -0.477 e. The molecule has 0 saturated heterocycles. The smallest absolute Gasteiger partial charge is 0.416 e. The van der Waals surface area contributed by atoms with Crippen LogP contribution in [0.15, 0.2) is 34.1 Å². The van der Waals surface area contributed by atoms with Gasteiger partial charge in [-0.1, -0.05) is 12.1 Å². The van der Waals surface area contributed by atoms with Gasteiger partial charge in [0.05, 0.1) is 9.80 Å². The molecular formula is C13H11F3O3S2. The van der Waals surface area contributed by atoms with E-state index >= 15 is 0 Å². The zero-order chi connectivity index (χ0) is 16.2. The van der Waals surface area contributed by atoms with Crippen LogP contribution >= 0.6 is 23.5 Å². The first-order chi connectivity index (χ1) is 9.72. The number of ketones is 1. The summed E-state index contributed by atoms with van der Waals surface area (Å²) in [4.78, 5) is 23.4. The number of halogens is 3. The molecule has 1 rings (SSSR count). The van der Waals surface area contributed by atoms with E-state index in [1.54, 1.807) is 12.5 Å². The third-order valence-corrected chi connectivity index (χ3v) is 4.62. The Morgan fingerprint density at radius 1 is 1.14 bits per heavy atom. The molecule has 1 aromatic carbocycles. The summed E-state index contributed by atoms with van der Waals surface area (Å²) in [6, 6.07) is 3.72. The van der Waals surface area contributed by atoms with Crippen molar-refractivity contribution in [1.82, 2.24) is 0 Å². The van der Waals surface area contributed by atoms with Crippen LogP contribution in [-0.4, -0.2) is 29.4 Å².